The molecule has 0 fully saturated rings. The Balaban J connectivity index is 1.92. The van der Waals surface area contributed by atoms with E-state index < -0.39 is 0 Å². The number of ether oxygens (including phenoxy) is 1. The summed E-state index contributed by atoms with van der Waals surface area (Å²) in [6.45, 7) is 8.70. The Bertz CT molecular complexity index is 838. The number of thiocarbonyl (C=S) groups is 1. The summed E-state index contributed by atoms with van der Waals surface area (Å²) in [6.07, 6.45) is 0.776. The number of nitrogens with one attached hydrogen (secondary N) is 2. The quantitative estimate of drug-likeness (QED) is 0.565. The number of anilines is 1. The zero-order valence-electron chi connectivity index (χ0n) is 16.7. The van der Waals surface area contributed by atoms with Crippen molar-refractivity contribution < 1.29 is 14.3 Å². The standard InChI is InChI=1S/C22H26N2O3S/c1-5-14-27-20(26)16-8-12-18(13-9-16)23-21(28)24-19(25)15-6-10-17(11-7-15)22(2,3)4/h6-13H,5,14H2,1-4H3,(H2,23,24,25,28). The topological polar surface area (TPSA) is 67.4 Å². The molecule has 0 spiro atoms. The van der Waals surface area contributed by atoms with E-state index >= 15 is 0 Å². The molecule has 5 nitrogen and oxygen atoms in total. The van der Waals surface area contributed by atoms with Gasteiger partial charge >= 0.3 is 5.97 Å². The molecule has 2 aromatic rings. The number of hydrogen-bond donors (Lipinski definition) is 2. The summed E-state index contributed by atoms with van der Waals surface area (Å²) in [5.74, 6) is -0.638. The summed E-state index contributed by atoms with van der Waals surface area (Å²) in [6, 6.07) is 14.2. The second kappa shape index (κ2) is 9.46. The van der Waals surface area contributed by atoms with Crippen molar-refractivity contribution in [2.75, 3.05) is 11.9 Å². The average molecular weight is 399 g/mol. The van der Waals surface area contributed by atoms with Gasteiger partial charge < -0.3 is 10.1 Å². The summed E-state index contributed by atoms with van der Waals surface area (Å²) in [5.41, 5.74) is 2.85. The predicted molar refractivity (Wildman–Crippen MR) is 116 cm³/mol. The third-order valence-corrected chi connectivity index (χ3v) is 4.26. The van der Waals surface area contributed by atoms with E-state index in [2.05, 4.69) is 31.4 Å². The van der Waals surface area contributed by atoms with Gasteiger partial charge in [-0.2, -0.15) is 0 Å². The van der Waals surface area contributed by atoms with Crippen molar-refractivity contribution in [3.63, 3.8) is 0 Å². The van der Waals surface area contributed by atoms with Crippen LogP contribution in [0, 0.1) is 0 Å². The number of amides is 1. The number of carbonyl (C=O) groups excluding carboxylic acids is 2. The molecule has 0 aliphatic rings. The number of hydrogen-bond acceptors (Lipinski definition) is 4. The first kappa shape index (κ1) is 21.6. The molecule has 2 aromatic carbocycles. The van der Waals surface area contributed by atoms with Crippen LogP contribution in [0.2, 0.25) is 0 Å². The smallest absolute Gasteiger partial charge is 0.338 e. The molecule has 6 heteroatoms. The number of esters is 1. The first-order valence-corrected chi connectivity index (χ1v) is 9.61. The zero-order chi connectivity index (χ0) is 20.7. The maximum Gasteiger partial charge on any atom is 0.338 e. The van der Waals surface area contributed by atoms with Crippen LogP contribution in [0.15, 0.2) is 48.5 Å². The fraction of sp³-hybridized carbons (Fsp3) is 0.318. The number of benzene rings is 2. The van der Waals surface area contributed by atoms with E-state index in [-0.39, 0.29) is 22.4 Å². The molecule has 2 rings (SSSR count). The molecule has 0 bridgehead atoms. The highest BCUT2D eigenvalue weighted by molar-refractivity contribution is 7.80. The molecule has 0 unspecified atom stereocenters. The van der Waals surface area contributed by atoms with Crippen LogP contribution in [0.1, 0.15) is 60.4 Å². The van der Waals surface area contributed by atoms with Crippen molar-refractivity contribution in [3.8, 4) is 0 Å². The van der Waals surface area contributed by atoms with Crippen molar-refractivity contribution in [2.45, 2.75) is 39.5 Å². The fourth-order valence-corrected chi connectivity index (χ4v) is 2.64. The molecule has 0 saturated carbocycles. The lowest BCUT2D eigenvalue weighted by molar-refractivity contribution is 0.0505. The molecule has 1 amide bonds. The van der Waals surface area contributed by atoms with Gasteiger partial charge in [-0.25, -0.2) is 4.79 Å². The van der Waals surface area contributed by atoms with E-state index in [1.807, 2.05) is 19.1 Å². The van der Waals surface area contributed by atoms with E-state index in [4.69, 9.17) is 17.0 Å². The second-order valence-electron chi connectivity index (χ2n) is 7.45. The van der Waals surface area contributed by atoms with Crippen LogP contribution in [0.3, 0.4) is 0 Å². The molecule has 0 heterocycles. The lowest BCUT2D eigenvalue weighted by Gasteiger charge is -2.19. The highest BCUT2D eigenvalue weighted by Gasteiger charge is 2.15. The van der Waals surface area contributed by atoms with Crippen molar-refractivity contribution in [1.29, 1.82) is 0 Å². The predicted octanol–water partition coefficient (Wildman–Crippen LogP) is 4.68. The number of carbonyl (C=O) groups is 2. The Morgan fingerprint density at radius 2 is 1.54 bits per heavy atom. The summed E-state index contributed by atoms with van der Waals surface area (Å²) >= 11 is 5.20. The largest absolute Gasteiger partial charge is 0.462 e. The summed E-state index contributed by atoms with van der Waals surface area (Å²) in [5, 5.41) is 5.78. The van der Waals surface area contributed by atoms with E-state index in [0.29, 0.717) is 23.4 Å². The third-order valence-electron chi connectivity index (χ3n) is 4.06. The lowest BCUT2D eigenvalue weighted by Crippen LogP contribution is -2.34. The van der Waals surface area contributed by atoms with E-state index in [9.17, 15) is 9.59 Å². The molecule has 0 aliphatic carbocycles. The Labute approximate surface area is 171 Å². The van der Waals surface area contributed by atoms with Crippen molar-refractivity contribution in [1.82, 2.24) is 5.32 Å². The monoisotopic (exact) mass is 398 g/mol. The Morgan fingerprint density at radius 3 is 2.07 bits per heavy atom. The van der Waals surface area contributed by atoms with Crippen molar-refractivity contribution >= 4 is 34.9 Å². The van der Waals surface area contributed by atoms with Gasteiger partial charge in [0.2, 0.25) is 0 Å². The van der Waals surface area contributed by atoms with Crippen molar-refractivity contribution in [2.24, 2.45) is 0 Å². The second-order valence-corrected chi connectivity index (χ2v) is 7.86. The molecule has 0 saturated heterocycles. The normalized spacial score (nSPS) is 10.9. The SMILES string of the molecule is CCCOC(=O)c1ccc(NC(=S)NC(=O)c2ccc(C(C)(C)C)cc2)cc1. The minimum atomic E-state index is -0.358. The molecular weight excluding hydrogens is 372 g/mol. The first-order valence-electron chi connectivity index (χ1n) is 9.21. The summed E-state index contributed by atoms with van der Waals surface area (Å²) < 4.78 is 5.09. The maximum atomic E-state index is 12.4. The molecule has 0 aliphatic heterocycles. The molecular formula is C22H26N2O3S. The van der Waals surface area contributed by atoms with Gasteiger partial charge in [0, 0.05) is 11.3 Å². The van der Waals surface area contributed by atoms with Gasteiger partial charge in [0.15, 0.2) is 5.11 Å². The van der Waals surface area contributed by atoms with Gasteiger partial charge in [0.25, 0.3) is 5.91 Å². The van der Waals surface area contributed by atoms with Gasteiger partial charge in [0.1, 0.15) is 0 Å². The van der Waals surface area contributed by atoms with E-state index in [0.717, 1.165) is 12.0 Å². The molecule has 28 heavy (non-hydrogen) atoms. The average Bonchev–Trinajstić information content (AvgIpc) is 2.66. The molecule has 0 atom stereocenters. The molecule has 0 aromatic heterocycles. The Hall–Kier alpha value is -2.73. The van der Waals surface area contributed by atoms with Gasteiger partial charge in [0.05, 0.1) is 12.2 Å². The highest BCUT2D eigenvalue weighted by atomic mass is 32.1. The number of rotatable bonds is 5. The van der Waals surface area contributed by atoms with Gasteiger partial charge in [-0.3, -0.25) is 10.1 Å². The van der Waals surface area contributed by atoms with E-state index in [1.165, 1.54) is 0 Å². The van der Waals surface area contributed by atoms with Crippen molar-refractivity contribution in [3.05, 3.63) is 65.2 Å². The minimum absolute atomic E-state index is 0.0288. The van der Waals surface area contributed by atoms with Crippen LogP contribution in [0.5, 0.6) is 0 Å². The molecule has 148 valence electrons. The fourth-order valence-electron chi connectivity index (χ4n) is 2.43. The zero-order valence-corrected chi connectivity index (χ0v) is 17.5. The summed E-state index contributed by atoms with van der Waals surface area (Å²) in [7, 11) is 0. The van der Waals surface area contributed by atoms with Crippen LogP contribution < -0.4 is 10.6 Å². The van der Waals surface area contributed by atoms with E-state index in [1.54, 1.807) is 36.4 Å². The lowest BCUT2D eigenvalue weighted by atomic mass is 9.87. The minimum Gasteiger partial charge on any atom is -0.462 e. The van der Waals surface area contributed by atoms with Crippen LogP contribution in [0.4, 0.5) is 5.69 Å². The summed E-state index contributed by atoms with van der Waals surface area (Å²) in [4.78, 5) is 24.2. The Kier molecular flexibility index (Phi) is 7.29. The highest BCUT2D eigenvalue weighted by Crippen LogP contribution is 2.22. The van der Waals surface area contributed by atoms with Crippen LogP contribution >= 0.6 is 12.2 Å². The molecule has 2 N–H and O–H groups in total. The van der Waals surface area contributed by atoms with Gasteiger partial charge in [-0.1, -0.05) is 39.8 Å². The maximum absolute atomic E-state index is 12.4. The Morgan fingerprint density at radius 1 is 0.964 bits per heavy atom. The first-order chi connectivity index (χ1) is 13.2. The van der Waals surface area contributed by atoms with Gasteiger partial charge in [-0.15, -0.1) is 0 Å². The van der Waals surface area contributed by atoms with Gasteiger partial charge in [-0.05, 0) is 66.0 Å². The van der Waals surface area contributed by atoms with Crippen LogP contribution in [0.25, 0.3) is 0 Å². The van der Waals surface area contributed by atoms with Crippen LogP contribution in [-0.2, 0) is 10.2 Å². The third kappa shape index (κ3) is 6.16. The molecule has 0 radical (unpaired) electrons. The van der Waals surface area contributed by atoms with Crippen LogP contribution in [-0.4, -0.2) is 23.6 Å².